The monoisotopic (exact) mass is 362 g/mol. The number of carbonyl (C=O) groups excluding carboxylic acids is 2. The molecule has 2 aromatic rings. The fraction of sp³-hybridized carbons (Fsp3) is 0.471. The predicted molar refractivity (Wildman–Crippen MR) is 96.6 cm³/mol. The van der Waals surface area contributed by atoms with Crippen molar-refractivity contribution in [2.24, 2.45) is 0 Å². The lowest BCUT2D eigenvalue weighted by Crippen LogP contribution is -2.43. The summed E-state index contributed by atoms with van der Waals surface area (Å²) < 4.78 is 7.22. The van der Waals surface area contributed by atoms with Crippen LogP contribution in [-0.2, 0) is 16.1 Å². The number of thioether (sulfide) groups is 1. The number of amides is 3. The molecule has 1 aromatic carbocycles. The molecule has 1 aliphatic rings. The number of imidazole rings is 1. The van der Waals surface area contributed by atoms with Crippen molar-refractivity contribution >= 4 is 34.7 Å². The molecule has 1 saturated carbocycles. The van der Waals surface area contributed by atoms with E-state index in [1.807, 2.05) is 28.8 Å². The lowest BCUT2D eigenvalue weighted by atomic mass is 10.3. The number of imide groups is 1. The fourth-order valence-electron chi connectivity index (χ4n) is 2.42. The van der Waals surface area contributed by atoms with Gasteiger partial charge in [-0.25, -0.2) is 9.78 Å². The van der Waals surface area contributed by atoms with Crippen molar-refractivity contribution in [2.45, 2.75) is 42.8 Å². The van der Waals surface area contributed by atoms with Crippen LogP contribution in [0, 0.1) is 0 Å². The molecule has 2 N–H and O–H groups in total. The number of rotatable bonds is 7. The van der Waals surface area contributed by atoms with Crippen molar-refractivity contribution in [3.8, 4) is 0 Å². The second kappa shape index (κ2) is 7.88. The number of fused-ring (bicyclic) bond motifs is 1. The Kier molecular flexibility index (Phi) is 5.60. The van der Waals surface area contributed by atoms with Crippen molar-refractivity contribution in [1.82, 2.24) is 20.2 Å². The van der Waals surface area contributed by atoms with Gasteiger partial charge in [0.2, 0.25) is 5.91 Å². The molecule has 0 saturated heterocycles. The van der Waals surface area contributed by atoms with E-state index in [2.05, 4.69) is 15.6 Å². The molecule has 1 heterocycles. The van der Waals surface area contributed by atoms with Crippen molar-refractivity contribution in [3.05, 3.63) is 24.3 Å². The quantitative estimate of drug-likeness (QED) is 0.737. The van der Waals surface area contributed by atoms with Crippen LogP contribution in [0.1, 0.15) is 19.8 Å². The first-order valence-corrected chi connectivity index (χ1v) is 9.18. The number of hydrogen-bond acceptors (Lipinski definition) is 5. The first kappa shape index (κ1) is 17.8. The number of benzene rings is 1. The predicted octanol–water partition coefficient (Wildman–Crippen LogP) is 2.15. The summed E-state index contributed by atoms with van der Waals surface area (Å²) in [5, 5.41) is 5.44. The third kappa shape index (κ3) is 4.52. The Bertz CT molecular complexity index is 772. The molecule has 1 aliphatic carbocycles. The first-order valence-electron chi connectivity index (χ1n) is 8.30. The number of carbonyl (C=O) groups is 2. The number of nitrogens with one attached hydrogen (secondary N) is 2. The van der Waals surface area contributed by atoms with E-state index in [-0.39, 0.29) is 11.9 Å². The van der Waals surface area contributed by atoms with E-state index >= 15 is 0 Å². The first-order chi connectivity index (χ1) is 12.1. The van der Waals surface area contributed by atoms with Crippen LogP contribution in [0.5, 0.6) is 0 Å². The molecule has 0 aliphatic heterocycles. The maximum Gasteiger partial charge on any atom is 0.321 e. The minimum absolute atomic E-state index is 0.217. The Morgan fingerprint density at radius 1 is 1.40 bits per heavy atom. The number of ether oxygens (including phenoxy) is 1. The van der Waals surface area contributed by atoms with Crippen LogP contribution >= 0.6 is 11.8 Å². The highest BCUT2D eigenvalue weighted by atomic mass is 32.2. The number of urea groups is 1. The van der Waals surface area contributed by atoms with Gasteiger partial charge in [-0.1, -0.05) is 23.9 Å². The van der Waals surface area contributed by atoms with Crippen LogP contribution in [0.2, 0.25) is 0 Å². The van der Waals surface area contributed by atoms with E-state index < -0.39 is 11.3 Å². The van der Waals surface area contributed by atoms with Gasteiger partial charge in [0.15, 0.2) is 5.16 Å². The highest BCUT2D eigenvalue weighted by molar-refractivity contribution is 8.00. The Balaban J connectivity index is 1.69. The zero-order chi connectivity index (χ0) is 17.8. The fourth-order valence-corrected chi connectivity index (χ4v) is 3.37. The van der Waals surface area contributed by atoms with Crippen LogP contribution in [0.4, 0.5) is 4.79 Å². The van der Waals surface area contributed by atoms with Gasteiger partial charge in [-0.05, 0) is 31.9 Å². The SMILES string of the molecule is COCCn1c(SC(C)C(=O)NC(=O)NC2CC2)nc2ccccc21. The molecule has 8 heteroatoms. The third-order valence-corrected chi connectivity index (χ3v) is 5.03. The van der Waals surface area contributed by atoms with Gasteiger partial charge in [-0.3, -0.25) is 10.1 Å². The van der Waals surface area contributed by atoms with Gasteiger partial charge < -0.3 is 14.6 Å². The third-order valence-electron chi connectivity index (χ3n) is 3.94. The lowest BCUT2D eigenvalue weighted by molar-refractivity contribution is -0.119. The van der Waals surface area contributed by atoms with Crippen LogP contribution in [0.25, 0.3) is 11.0 Å². The second-order valence-electron chi connectivity index (χ2n) is 6.02. The van der Waals surface area contributed by atoms with Crippen molar-refractivity contribution in [3.63, 3.8) is 0 Å². The molecule has 1 fully saturated rings. The van der Waals surface area contributed by atoms with E-state index in [1.165, 1.54) is 11.8 Å². The molecule has 7 nitrogen and oxygen atoms in total. The average molecular weight is 362 g/mol. The molecule has 1 aromatic heterocycles. The summed E-state index contributed by atoms with van der Waals surface area (Å²) in [7, 11) is 1.65. The lowest BCUT2D eigenvalue weighted by Gasteiger charge is -2.13. The number of para-hydroxylation sites is 2. The smallest absolute Gasteiger partial charge is 0.321 e. The maximum absolute atomic E-state index is 12.2. The van der Waals surface area contributed by atoms with E-state index in [9.17, 15) is 9.59 Å². The highest BCUT2D eigenvalue weighted by Gasteiger charge is 2.26. The van der Waals surface area contributed by atoms with Crippen LogP contribution < -0.4 is 10.6 Å². The van der Waals surface area contributed by atoms with E-state index in [1.54, 1.807) is 14.0 Å². The van der Waals surface area contributed by atoms with E-state index in [0.29, 0.717) is 13.2 Å². The molecule has 0 bridgehead atoms. The Morgan fingerprint density at radius 2 is 2.16 bits per heavy atom. The molecule has 0 spiro atoms. The minimum atomic E-state index is -0.442. The van der Waals surface area contributed by atoms with Crippen LogP contribution in [0.15, 0.2) is 29.4 Å². The van der Waals surface area contributed by atoms with Crippen molar-refractivity contribution in [1.29, 1.82) is 0 Å². The zero-order valence-electron chi connectivity index (χ0n) is 14.3. The molecule has 3 amide bonds. The molecular weight excluding hydrogens is 340 g/mol. The summed E-state index contributed by atoms with van der Waals surface area (Å²) in [5.74, 6) is -0.325. The largest absolute Gasteiger partial charge is 0.383 e. The summed E-state index contributed by atoms with van der Waals surface area (Å²) >= 11 is 1.34. The normalized spacial score (nSPS) is 15.1. The molecular formula is C17H22N4O3S. The summed E-state index contributed by atoms with van der Waals surface area (Å²) in [6.45, 7) is 2.97. The number of aromatic nitrogens is 2. The van der Waals surface area contributed by atoms with Crippen LogP contribution in [0.3, 0.4) is 0 Å². The molecule has 3 rings (SSSR count). The Morgan fingerprint density at radius 3 is 2.88 bits per heavy atom. The molecule has 134 valence electrons. The van der Waals surface area contributed by atoms with Gasteiger partial charge in [0.1, 0.15) is 0 Å². The van der Waals surface area contributed by atoms with Crippen LogP contribution in [-0.4, -0.2) is 46.5 Å². The summed E-state index contributed by atoms with van der Waals surface area (Å²) in [6.07, 6.45) is 1.96. The van der Waals surface area contributed by atoms with Gasteiger partial charge in [0, 0.05) is 19.7 Å². The molecule has 1 unspecified atom stereocenters. The highest BCUT2D eigenvalue weighted by Crippen LogP contribution is 2.27. The van der Waals surface area contributed by atoms with E-state index in [0.717, 1.165) is 29.0 Å². The standard InChI is InChI=1S/C17H22N4O3S/c1-11(15(22)20-16(23)18-12-7-8-12)25-17-19-13-5-3-4-6-14(13)21(17)9-10-24-2/h3-6,11-12H,7-10H2,1-2H3,(H2,18,20,22,23). The number of methoxy groups -OCH3 is 1. The van der Waals surface area contributed by atoms with Crippen molar-refractivity contribution < 1.29 is 14.3 Å². The van der Waals surface area contributed by atoms with Gasteiger partial charge in [-0.2, -0.15) is 0 Å². The van der Waals surface area contributed by atoms with E-state index in [4.69, 9.17) is 4.74 Å². The summed E-state index contributed by atoms with van der Waals surface area (Å²) in [4.78, 5) is 28.6. The Hall–Kier alpha value is -2.06. The number of hydrogen-bond donors (Lipinski definition) is 2. The number of nitrogens with zero attached hydrogens (tertiary/aromatic N) is 2. The maximum atomic E-state index is 12.2. The zero-order valence-corrected chi connectivity index (χ0v) is 15.1. The topological polar surface area (TPSA) is 85.2 Å². The Labute approximate surface area is 150 Å². The van der Waals surface area contributed by atoms with Gasteiger partial charge in [0.05, 0.1) is 22.9 Å². The molecule has 0 radical (unpaired) electrons. The second-order valence-corrected chi connectivity index (χ2v) is 7.33. The summed E-state index contributed by atoms with van der Waals surface area (Å²) in [5.41, 5.74) is 1.88. The molecule has 25 heavy (non-hydrogen) atoms. The van der Waals surface area contributed by atoms with Gasteiger partial charge in [-0.15, -0.1) is 0 Å². The molecule has 1 atom stereocenters. The van der Waals surface area contributed by atoms with Gasteiger partial charge in [0.25, 0.3) is 0 Å². The summed E-state index contributed by atoms with van der Waals surface area (Å²) in [6, 6.07) is 7.62. The van der Waals surface area contributed by atoms with Crippen molar-refractivity contribution in [2.75, 3.05) is 13.7 Å². The minimum Gasteiger partial charge on any atom is -0.383 e. The van der Waals surface area contributed by atoms with Gasteiger partial charge >= 0.3 is 6.03 Å². The average Bonchev–Trinajstić information content (AvgIpc) is 3.33.